The predicted octanol–water partition coefficient (Wildman–Crippen LogP) is 4.09. The fourth-order valence-electron chi connectivity index (χ4n) is 2.71. The van der Waals surface area contributed by atoms with Crippen molar-refractivity contribution in [3.8, 4) is 11.5 Å². The first kappa shape index (κ1) is 19.0. The molecule has 3 rings (SSSR count). The van der Waals surface area contributed by atoms with E-state index in [9.17, 15) is 4.79 Å². The molecule has 142 valence electrons. The summed E-state index contributed by atoms with van der Waals surface area (Å²) in [5.74, 6) is 1.40. The molecule has 0 aliphatic heterocycles. The summed E-state index contributed by atoms with van der Waals surface area (Å²) >= 11 is 1.65. The third-order valence-corrected chi connectivity index (χ3v) is 5.04. The number of benzene rings is 1. The molecule has 1 amide bonds. The highest BCUT2D eigenvalue weighted by molar-refractivity contribution is 7.09. The lowest BCUT2D eigenvalue weighted by atomic mass is 10.3. The fourth-order valence-corrected chi connectivity index (χ4v) is 3.43. The van der Waals surface area contributed by atoms with Crippen molar-refractivity contribution in [3.63, 3.8) is 0 Å². The van der Waals surface area contributed by atoms with Gasteiger partial charge in [0, 0.05) is 23.8 Å². The van der Waals surface area contributed by atoms with E-state index in [1.54, 1.807) is 11.3 Å². The van der Waals surface area contributed by atoms with Crippen LogP contribution in [0.2, 0.25) is 0 Å². The average molecular weight is 385 g/mol. The minimum atomic E-state index is -0.0431. The maximum absolute atomic E-state index is 12.8. The Balaban J connectivity index is 1.63. The Morgan fingerprint density at radius 1 is 1.04 bits per heavy atom. The molecule has 6 heteroatoms. The summed E-state index contributed by atoms with van der Waals surface area (Å²) in [4.78, 5) is 15.8. The van der Waals surface area contributed by atoms with E-state index >= 15 is 0 Å². The van der Waals surface area contributed by atoms with Crippen molar-refractivity contribution in [3.05, 3.63) is 70.7 Å². The van der Waals surface area contributed by atoms with E-state index in [0.717, 1.165) is 16.3 Å². The molecule has 0 atom stereocenters. The standard InChI is InChI=1S/C21H24N2O3S/c1-3-25-18-8-10-19(11-9-18)26-16-21(24)23(15-20-7-5-13-27-20)14-17-6-4-12-22(17)2/h4-13H,3,14-16H2,1-2H3. The van der Waals surface area contributed by atoms with Gasteiger partial charge in [-0.1, -0.05) is 6.07 Å². The van der Waals surface area contributed by atoms with Gasteiger partial charge in [-0.15, -0.1) is 11.3 Å². The van der Waals surface area contributed by atoms with Crippen LogP contribution in [0.15, 0.2) is 60.1 Å². The first-order valence-electron chi connectivity index (χ1n) is 8.91. The van der Waals surface area contributed by atoms with Crippen LogP contribution in [-0.2, 0) is 24.9 Å². The zero-order chi connectivity index (χ0) is 19.1. The first-order valence-corrected chi connectivity index (χ1v) is 9.79. The lowest BCUT2D eigenvalue weighted by Crippen LogP contribution is -2.34. The van der Waals surface area contributed by atoms with E-state index in [4.69, 9.17) is 9.47 Å². The summed E-state index contributed by atoms with van der Waals surface area (Å²) in [6.07, 6.45) is 1.99. The maximum Gasteiger partial charge on any atom is 0.261 e. The van der Waals surface area contributed by atoms with E-state index in [-0.39, 0.29) is 12.5 Å². The minimum Gasteiger partial charge on any atom is -0.494 e. The number of ether oxygens (including phenoxy) is 2. The molecule has 0 saturated heterocycles. The number of amides is 1. The largest absolute Gasteiger partial charge is 0.494 e. The number of thiophene rings is 1. The van der Waals surface area contributed by atoms with Crippen molar-refractivity contribution in [2.75, 3.05) is 13.2 Å². The van der Waals surface area contributed by atoms with Crippen LogP contribution in [0, 0.1) is 0 Å². The third kappa shape index (κ3) is 5.37. The van der Waals surface area contributed by atoms with Crippen molar-refractivity contribution in [1.29, 1.82) is 0 Å². The Kier molecular flexibility index (Phi) is 6.54. The smallest absolute Gasteiger partial charge is 0.261 e. The first-order chi connectivity index (χ1) is 13.2. The minimum absolute atomic E-state index is 0.00375. The normalized spacial score (nSPS) is 10.6. The van der Waals surface area contributed by atoms with Gasteiger partial charge in [0.15, 0.2) is 6.61 Å². The number of aromatic nitrogens is 1. The molecule has 0 spiro atoms. The van der Waals surface area contributed by atoms with Crippen molar-refractivity contribution >= 4 is 17.2 Å². The molecule has 0 aliphatic rings. The van der Waals surface area contributed by atoms with Gasteiger partial charge in [-0.2, -0.15) is 0 Å². The highest BCUT2D eigenvalue weighted by Crippen LogP contribution is 2.19. The zero-order valence-electron chi connectivity index (χ0n) is 15.6. The van der Waals surface area contributed by atoms with Gasteiger partial charge in [-0.05, 0) is 54.8 Å². The molecule has 3 aromatic rings. The number of aryl methyl sites for hydroxylation is 1. The maximum atomic E-state index is 12.8. The third-order valence-electron chi connectivity index (χ3n) is 4.18. The summed E-state index contributed by atoms with van der Waals surface area (Å²) < 4.78 is 13.2. The Labute approximate surface area is 163 Å². The molecule has 2 heterocycles. The van der Waals surface area contributed by atoms with Crippen LogP contribution < -0.4 is 9.47 Å². The van der Waals surface area contributed by atoms with Crippen molar-refractivity contribution in [2.24, 2.45) is 7.05 Å². The van der Waals surface area contributed by atoms with E-state index in [2.05, 4.69) is 0 Å². The second kappa shape index (κ2) is 9.28. The van der Waals surface area contributed by atoms with Gasteiger partial charge in [-0.3, -0.25) is 4.79 Å². The number of nitrogens with zero attached hydrogens (tertiary/aromatic N) is 2. The molecule has 0 unspecified atom stereocenters. The predicted molar refractivity (Wildman–Crippen MR) is 107 cm³/mol. The molecule has 0 saturated carbocycles. The van der Waals surface area contributed by atoms with Crippen molar-refractivity contribution in [2.45, 2.75) is 20.0 Å². The quantitative estimate of drug-likeness (QED) is 0.558. The fraction of sp³-hybridized carbons (Fsp3) is 0.286. The summed E-state index contributed by atoms with van der Waals surface area (Å²) in [6, 6.07) is 15.4. The molecule has 0 aliphatic carbocycles. The monoisotopic (exact) mass is 384 g/mol. The number of carbonyl (C=O) groups is 1. The molecule has 27 heavy (non-hydrogen) atoms. The zero-order valence-corrected chi connectivity index (χ0v) is 16.4. The average Bonchev–Trinajstić information content (AvgIpc) is 3.33. The van der Waals surface area contributed by atoms with E-state index in [1.165, 1.54) is 0 Å². The lowest BCUT2D eigenvalue weighted by molar-refractivity contribution is -0.134. The topological polar surface area (TPSA) is 43.7 Å². The number of hydrogen-bond donors (Lipinski definition) is 0. The summed E-state index contributed by atoms with van der Waals surface area (Å²) in [5.41, 5.74) is 1.08. The molecule has 1 aromatic carbocycles. The molecule has 0 radical (unpaired) electrons. The molecular weight excluding hydrogens is 360 g/mol. The van der Waals surface area contributed by atoms with Gasteiger partial charge in [0.05, 0.1) is 19.7 Å². The van der Waals surface area contributed by atoms with Crippen molar-refractivity contribution in [1.82, 2.24) is 9.47 Å². The van der Waals surface area contributed by atoms with E-state index in [0.29, 0.717) is 25.4 Å². The van der Waals surface area contributed by atoms with E-state index < -0.39 is 0 Å². The van der Waals surface area contributed by atoms with Crippen LogP contribution in [0.25, 0.3) is 0 Å². The van der Waals surface area contributed by atoms with Gasteiger partial charge < -0.3 is 18.9 Å². The van der Waals surface area contributed by atoms with Crippen LogP contribution in [0.1, 0.15) is 17.5 Å². The molecule has 0 fully saturated rings. The Bertz CT molecular complexity index is 841. The molecule has 0 bridgehead atoms. The second-order valence-corrected chi connectivity index (χ2v) is 7.16. The Morgan fingerprint density at radius 3 is 2.37 bits per heavy atom. The highest BCUT2D eigenvalue weighted by atomic mass is 32.1. The SMILES string of the molecule is CCOc1ccc(OCC(=O)N(Cc2cccs2)Cc2cccn2C)cc1. The number of carbonyl (C=O) groups excluding carboxylic acids is 1. The van der Waals surface area contributed by atoms with Gasteiger partial charge >= 0.3 is 0 Å². The summed E-state index contributed by atoms with van der Waals surface area (Å²) in [5, 5.41) is 2.02. The van der Waals surface area contributed by atoms with E-state index in [1.807, 2.05) is 83.5 Å². The molecule has 0 N–H and O–H groups in total. The van der Waals surface area contributed by atoms with Crippen LogP contribution >= 0.6 is 11.3 Å². The van der Waals surface area contributed by atoms with Crippen LogP contribution in [-0.4, -0.2) is 28.6 Å². The number of hydrogen-bond acceptors (Lipinski definition) is 4. The molecule has 5 nitrogen and oxygen atoms in total. The van der Waals surface area contributed by atoms with Gasteiger partial charge in [0.2, 0.25) is 0 Å². The summed E-state index contributed by atoms with van der Waals surface area (Å²) in [7, 11) is 1.99. The van der Waals surface area contributed by atoms with Crippen LogP contribution in [0.4, 0.5) is 0 Å². The second-order valence-electron chi connectivity index (χ2n) is 6.13. The van der Waals surface area contributed by atoms with Gasteiger partial charge in [0.1, 0.15) is 11.5 Å². The van der Waals surface area contributed by atoms with Crippen molar-refractivity contribution < 1.29 is 14.3 Å². The summed E-state index contributed by atoms with van der Waals surface area (Å²) in [6.45, 7) is 3.69. The van der Waals surface area contributed by atoms with Crippen LogP contribution in [0.3, 0.4) is 0 Å². The van der Waals surface area contributed by atoms with Gasteiger partial charge in [-0.25, -0.2) is 0 Å². The highest BCUT2D eigenvalue weighted by Gasteiger charge is 2.17. The lowest BCUT2D eigenvalue weighted by Gasteiger charge is -2.22. The number of rotatable bonds is 9. The Morgan fingerprint density at radius 2 is 1.78 bits per heavy atom. The van der Waals surface area contributed by atoms with Crippen LogP contribution in [0.5, 0.6) is 11.5 Å². The molecular formula is C21H24N2O3S. The Hall–Kier alpha value is -2.73. The van der Waals surface area contributed by atoms with Gasteiger partial charge in [0.25, 0.3) is 5.91 Å². The molecule has 2 aromatic heterocycles.